The van der Waals surface area contributed by atoms with Gasteiger partial charge in [-0.3, -0.25) is 14.8 Å². The van der Waals surface area contributed by atoms with Crippen molar-refractivity contribution in [3.63, 3.8) is 0 Å². The fourth-order valence-corrected chi connectivity index (χ4v) is 2.99. The van der Waals surface area contributed by atoms with Crippen LogP contribution in [0, 0.1) is 26.7 Å². The van der Waals surface area contributed by atoms with E-state index in [1.165, 1.54) is 5.56 Å². The van der Waals surface area contributed by atoms with Crippen LogP contribution in [0.2, 0.25) is 0 Å². The van der Waals surface area contributed by atoms with E-state index in [2.05, 4.69) is 24.3 Å². The van der Waals surface area contributed by atoms with Crippen molar-refractivity contribution in [1.82, 2.24) is 15.1 Å². The molecule has 1 aromatic heterocycles. The Balaban J connectivity index is 1.92. The SMILES string of the molecule is Cc1nn(CC(NC2CC2)(C(N)=O)C2CC2)c(C)c1C. The number of rotatable bonds is 6. The summed E-state index contributed by atoms with van der Waals surface area (Å²) in [7, 11) is 0. The summed E-state index contributed by atoms with van der Waals surface area (Å²) in [6, 6.07) is 0.459. The summed E-state index contributed by atoms with van der Waals surface area (Å²) < 4.78 is 1.96. The topological polar surface area (TPSA) is 72.9 Å². The number of hydrogen-bond acceptors (Lipinski definition) is 3. The van der Waals surface area contributed by atoms with E-state index in [0.29, 0.717) is 18.5 Å². The maximum Gasteiger partial charge on any atom is 0.239 e. The van der Waals surface area contributed by atoms with Gasteiger partial charge in [0.2, 0.25) is 5.91 Å². The number of aromatic nitrogens is 2. The number of amides is 1. The first kappa shape index (κ1) is 13.6. The lowest BCUT2D eigenvalue weighted by Crippen LogP contribution is -2.60. The molecule has 1 heterocycles. The average Bonchev–Trinajstić information content (AvgIpc) is 3.26. The molecule has 2 aliphatic rings. The Morgan fingerprint density at radius 1 is 1.35 bits per heavy atom. The third-order valence-corrected chi connectivity index (χ3v) is 4.90. The van der Waals surface area contributed by atoms with E-state index in [1.807, 2.05) is 11.6 Å². The molecule has 3 N–H and O–H groups in total. The highest BCUT2D eigenvalue weighted by Crippen LogP contribution is 2.42. The molecule has 5 nitrogen and oxygen atoms in total. The highest BCUT2D eigenvalue weighted by Gasteiger charge is 2.52. The van der Waals surface area contributed by atoms with Crippen LogP contribution in [0.25, 0.3) is 0 Å². The number of nitrogens with two attached hydrogens (primary N) is 1. The van der Waals surface area contributed by atoms with E-state index in [4.69, 9.17) is 5.73 Å². The van der Waals surface area contributed by atoms with Crippen LogP contribution in [0.4, 0.5) is 0 Å². The second kappa shape index (κ2) is 4.58. The van der Waals surface area contributed by atoms with Crippen LogP contribution < -0.4 is 11.1 Å². The van der Waals surface area contributed by atoms with Crippen LogP contribution in [-0.4, -0.2) is 27.3 Å². The van der Waals surface area contributed by atoms with E-state index in [0.717, 1.165) is 37.1 Å². The number of aryl methyl sites for hydroxylation is 1. The van der Waals surface area contributed by atoms with Gasteiger partial charge in [0.25, 0.3) is 0 Å². The smallest absolute Gasteiger partial charge is 0.239 e. The van der Waals surface area contributed by atoms with Gasteiger partial charge in [-0.05, 0) is 57.9 Å². The molecule has 0 bridgehead atoms. The molecule has 3 rings (SSSR count). The lowest BCUT2D eigenvalue weighted by Gasteiger charge is -2.32. The van der Waals surface area contributed by atoms with E-state index >= 15 is 0 Å². The molecule has 1 amide bonds. The van der Waals surface area contributed by atoms with Gasteiger partial charge in [-0.2, -0.15) is 5.10 Å². The predicted octanol–water partition coefficient (Wildman–Crippen LogP) is 1.19. The molecule has 0 aromatic carbocycles. The van der Waals surface area contributed by atoms with Gasteiger partial charge in [0.1, 0.15) is 5.54 Å². The molecule has 1 aromatic rings. The summed E-state index contributed by atoms with van der Waals surface area (Å²) in [6.07, 6.45) is 4.47. The molecule has 0 radical (unpaired) electrons. The highest BCUT2D eigenvalue weighted by atomic mass is 16.1. The van der Waals surface area contributed by atoms with Crippen LogP contribution in [0.3, 0.4) is 0 Å². The normalized spacial score (nSPS) is 21.8. The van der Waals surface area contributed by atoms with Crippen molar-refractivity contribution < 1.29 is 4.79 Å². The summed E-state index contributed by atoms with van der Waals surface area (Å²) in [6.45, 7) is 6.71. The Labute approximate surface area is 119 Å². The zero-order valence-corrected chi connectivity index (χ0v) is 12.6. The van der Waals surface area contributed by atoms with E-state index in [-0.39, 0.29) is 5.91 Å². The molecule has 20 heavy (non-hydrogen) atoms. The Bertz CT molecular complexity index is 542. The fourth-order valence-electron chi connectivity index (χ4n) is 2.99. The van der Waals surface area contributed by atoms with E-state index < -0.39 is 5.54 Å². The first-order valence-corrected chi connectivity index (χ1v) is 7.52. The van der Waals surface area contributed by atoms with Crippen molar-refractivity contribution >= 4 is 5.91 Å². The maximum absolute atomic E-state index is 12.2. The lowest BCUT2D eigenvalue weighted by molar-refractivity contribution is -0.126. The van der Waals surface area contributed by atoms with Crippen LogP contribution >= 0.6 is 0 Å². The van der Waals surface area contributed by atoms with Crippen molar-refractivity contribution in [3.05, 3.63) is 17.0 Å². The third-order valence-electron chi connectivity index (χ3n) is 4.90. The van der Waals surface area contributed by atoms with Crippen molar-refractivity contribution in [2.24, 2.45) is 11.7 Å². The molecule has 110 valence electrons. The number of hydrogen-bond donors (Lipinski definition) is 2. The van der Waals surface area contributed by atoms with Crippen molar-refractivity contribution in [2.75, 3.05) is 0 Å². The predicted molar refractivity (Wildman–Crippen MR) is 77.2 cm³/mol. The van der Waals surface area contributed by atoms with Crippen molar-refractivity contribution in [2.45, 2.75) is 64.6 Å². The molecule has 0 aliphatic heterocycles. The summed E-state index contributed by atoms with van der Waals surface area (Å²) in [4.78, 5) is 12.2. The Hall–Kier alpha value is -1.36. The standard InChI is InChI=1S/C15H24N4O/c1-9-10(2)18-19(11(9)3)8-15(14(16)20,12-4-5-12)17-13-6-7-13/h12-13,17H,4-8H2,1-3H3,(H2,16,20). The number of nitrogens with one attached hydrogen (secondary N) is 1. The number of primary amides is 1. The Kier molecular flexibility index (Phi) is 3.12. The largest absolute Gasteiger partial charge is 0.368 e. The molecular weight excluding hydrogens is 252 g/mol. The van der Waals surface area contributed by atoms with Gasteiger partial charge >= 0.3 is 0 Å². The molecule has 0 saturated heterocycles. The second-order valence-electron chi connectivity index (χ2n) is 6.48. The average molecular weight is 276 g/mol. The minimum absolute atomic E-state index is 0.225. The Morgan fingerprint density at radius 2 is 2.00 bits per heavy atom. The van der Waals surface area contributed by atoms with Gasteiger partial charge in [0, 0.05) is 11.7 Å². The van der Waals surface area contributed by atoms with Crippen LogP contribution in [0.5, 0.6) is 0 Å². The third kappa shape index (κ3) is 2.24. The fraction of sp³-hybridized carbons (Fsp3) is 0.733. The molecule has 5 heteroatoms. The molecule has 2 aliphatic carbocycles. The minimum Gasteiger partial charge on any atom is -0.368 e. The molecule has 1 unspecified atom stereocenters. The second-order valence-corrected chi connectivity index (χ2v) is 6.48. The Morgan fingerprint density at radius 3 is 2.40 bits per heavy atom. The lowest BCUT2D eigenvalue weighted by atomic mass is 9.91. The van der Waals surface area contributed by atoms with Crippen LogP contribution in [0.1, 0.15) is 42.6 Å². The zero-order valence-electron chi connectivity index (χ0n) is 12.6. The molecule has 2 fully saturated rings. The number of carbonyl (C=O) groups is 1. The molecule has 2 saturated carbocycles. The monoisotopic (exact) mass is 276 g/mol. The van der Waals surface area contributed by atoms with Crippen molar-refractivity contribution in [1.29, 1.82) is 0 Å². The molecule has 0 spiro atoms. The highest BCUT2D eigenvalue weighted by molar-refractivity contribution is 5.85. The quantitative estimate of drug-likeness (QED) is 0.820. The summed E-state index contributed by atoms with van der Waals surface area (Å²) in [5.74, 6) is 0.141. The van der Waals surface area contributed by atoms with Gasteiger partial charge in [-0.15, -0.1) is 0 Å². The number of nitrogens with zero attached hydrogens (tertiary/aromatic N) is 2. The van der Waals surface area contributed by atoms with Crippen molar-refractivity contribution in [3.8, 4) is 0 Å². The summed E-state index contributed by atoms with van der Waals surface area (Å²) in [5, 5.41) is 8.12. The minimum atomic E-state index is -0.614. The number of carbonyl (C=O) groups excluding carboxylic acids is 1. The molecule has 1 atom stereocenters. The zero-order chi connectivity index (χ0) is 14.5. The van der Waals surface area contributed by atoms with Gasteiger partial charge in [-0.25, -0.2) is 0 Å². The van der Waals surface area contributed by atoms with Crippen LogP contribution in [0.15, 0.2) is 0 Å². The van der Waals surface area contributed by atoms with Gasteiger partial charge in [0.05, 0.1) is 12.2 Å². The first-order valence-electron chi connectivity index (χ1n) is 7.52. The summed E-state index contributed by atoms with van der Waals surface area (Å²) in [5.41, 5.74) is 8.54. The van der Waals surface area contributed by atoms with Gasteiger partial charge in [-0.1, -0.05) is 0 Å². The van der Waals surface area contributed by atoms with Gasteiger partial charge in [0.15, 0.2) is 0 Å². The van der Waals surface area contributed by atoms with E-state index in [9.17, 15) is 4.79 Å². The van der Waals surface area contributed by atoms with Crippen LogP contribution in [-0.2, 0) is 11.3 Å². The molecular formula is C15H24N4O. The first-order chi connectivity index (χ1) is 9.44. The van der Waals surface area contributed by atoms with Gasteiger partial charge < -0.3 is 5.73 Å². The maximum atomic E-state index is 12.2. The summed E-state index contributed by atoms with van der Waals surface area (Å²) >= 11 is 0. The van der Waals surface area contributed by atoms with E-state index in [1.54, 1.807) is 0 Å².